The summed E-state index contributed by atoms with van der Waals surface area (Å²) >= 11 is 3.32. The molecule has 0 saturated carbocycles. The molecular formula is C16H12N4O4S4. The number of sulfone groups is 1. The molecule has 4 rings (SSSR count). The lowest BCUT2D eigenvalue weighted by atomic mass is 10.4. The molecule has 3 heterocycles. The van der Waals surface area contributed by atoms with Crippen molar-refractivity contribution in [2.45, 2.75) is 18.5 Å². The zero-order valence-electron chi connectivity index (χ0n) is 13.9. The predicted octanol–water partition coefficient (Wildman–Crippen LogP) is 4.09. The van der Waals surface area contributed by atoms with E-state index in [4.69, 9.17) is 0 Å². The summed E-state index contributed by atoms with van der Waals surface area (Å²) in [4.78, 5) is 5.30. The monoisotopic (exact) mass is 452 g/mol. The maximum Gasteiger partial charge on any atom is 0.218 e. The molecule has 0 spiro atoms. The van der Waals surface area contributed by atoms with Crippen LogP contribution in [0.2, 0.25) is 0 Å². The van der Waals surface area contributed by atoms with E-state index in [1.54, 1.807) is 23.7 Å². The van der Waals surface area contributed by atoms with Crippen molar-refractivity contribution in [1.82, 2.24) is 15.2 Å². The van der Waals surface area contributed by atoms with Gasteiger partial charge in [0.25, 0.3) is 0 Å². The maximum atomic E-state index is 12.9. The summed E-state index contributed by atoms with van der Waals surface area (Å²) in [5.41, 5.74) is 1.52. The Bertz CT molecular complexity index is 1200. The van der Waals surface area contributed by atoms with Crippen LogP contribution in [0, 0.1) is 0 Å². The molecule has 144 valence electrons. The summed E-state index contributed by atoms with van der Waals surface area (Å²) in [6, 6.07) is 11.6. The fraction of sp³-hybridized carbons (Fsp3) is 0. The standard InChI is InChI=1S/C16H12N4O4S4/c21-12-11(20-22)15(28(23,24)9-5-2-1-3-6-9)26-14(12)27-16-17-13(18-19-16)10-7-4-8-25-10/h1-8,20-22H,(H,17,18,19). The van der Waals surface area contributed by atoms with Crippen molar-refractivity contribution in [2.24, 2.45) is 0 Å². The average molecular weight is 453 g/mol. The normalized spacial score (nSPS) is 11.6. The molecular weight excluding hydrogens is 440 g/mol. The van der Waals surface area contributed by atoms with E-state index in [1.807, 2.05) is 17.5 Å². The molecule has 4 N–H and O–H groups in total. The molecule has 0 atom stereocenters. The summed E-state index contributed by atoms with van der Waals surface area (Å²) < 4.78 is 25.8. The van der Waals surface area contributed by atoms with Crippen LogP contribution in [0.4, 0.5) is 5.69 Å². The lowest BCUT2D eigenvalue weighted by Gasteiger charge is -2.04. The minimum atomic E-state index is -3.93. The maximum absolute atomic E-state index is 12.9. The van der Waals surface area contributed by atoms with Crippen molar-refractivity contribution in [1.29, 1.82) is 0 Å². The molecule has 8 nitrogen and oxygen atoms in total. The van der Waals surface area contributed by atoms with Crippen LogP contribution in [-0.2, 0) is 9.84 Å². The number of thiophene rings is 2. The SMILES string of the molecule is O=S(=O)(c1ccccc1)c1sc(Sc2n[nH]c(-c3cccs3)n2)c(O)c1NO. The second-order valence-corrected chi connectivity index (χ2v) is 10.7. The largest absolute Gasteiger partial charge is 0.504 e. The lowest BCUT2D eigenvalue weighted by molar-refractivity contribution is 0.378. The van der Waals surface area contributed by atoms with Crippen molar-refractivity contribution >= 4 is 50.0 Å². The van der Waals surface area contributed by atoms with Crippen LogP contribution >= 0.6 is 34.4 Å². The van der Waals surface area contributed by atoms with Crippen LogP contribution < -0.4 is 5.48 Å². The number of aromatic nitrogens is 3. The first kappa shape index (κ1) is 19.0. The predicted molar refractivity (Wildman–Crippen MR) is 107 cm³/mol. The molecule has 28 heavy (non-hydrogen) atoms. The number of nitrogens with zero attached hydrogens (tertiary/aromatic N) is 2. The van der Waals surface area contributed by atoms with Crippen LogP contribution in [-0.4, -0.2) is 33.9 Å². The van der Waals surface area contributed by atoms with Gasteiger partial charge in [0.1, 0.15) is 9.90 Å². The van der Waals surface area contributed by atoms with Crippen molar-refractivity contribution in [3.05, 3.63) is 47.8 Å². The first-order valence-corrected chi connectivity index (χ1v) is 11.7. The number of hydrogen-bond acceptors (Lipinski definition) is 10. The molecule has 0 bridgehead atoms. The molecule has 1 aromatic carbocycles. The number of H-pyrrole nitrogens is 1. The van der Waals surface area contributed by atoms with E-state index in [-0.39, 0.29) is 24.8 Å². The van der Waals surface area contributed by atoms with Gasteiger partial charge in [-0.2, -0.15) is 0 Å². The van der Waals surface area contributed by atoms with E-state index < -0.39 is 9.84 Å². The van der Waals surface area contributed by atoms with E-state index in [0.717, 1.165) is 28.0 Å². The number of hydrogen-bond donors (Lipinski definition) is 4. The van der Waals surface area contributed by atoms with Gasteiger partial charge in [-0.05, 0) is 35.3 Å². The molecule has 0 aliphatic carbocycles. The van der Waals surface area contributed by atoms with Gasteiger partial charge in [-0.25, -0.2) is 13.4 Å². The van der Waals surface area contributed by atoms with Crippen LogP contribution in [0.15, 0.2) is 66.3 Å². The smallest absolute Gasteiger partial charge is 0.218 e. The molecule has 0 amide bonds. The van der Waals surface area contributed by atoms with Crippen molar-refractivity contribution in [3.8, 4) is 16.5 Å². The summed E-state index contributed by atoms with van der Waals surface area (Å²) in [6.07, 6.45) is 0. The quantitative estimate of drug-likeness (QED) is 0.322. The minimum absolute atomic E-state index is 0.0576. The summed E-state index contributed by atoms with van der Waals surface area (Å²) in [5.74, 6) is 0.195. The lowest BCUT2D eigenvalue weighted by Crippen LogP contribution is -2.02. The van der Waals surface area contributed by atoms with Gasteiger partial charge in [-0.1, -0.05) is 24.3 Å². The highest BCUT2D eigenvalue weighted by Gasteiger charge is 2.30. The molecule has 0 aliphatic heterocycles. The summed E-state index contributed by atoms with van der Waals surface area (Å²) in [7, 11) is -3.93. The van der Waals surface area contributed by atoms with Crippen LogP contribution in [0.1, 0.15) is 0 Å². The van der Waals surface area contributed by atoms with Gasteiger partial charge >= 0.3 is 0 Å². The Kier molecular flexibility index (Phi) is 5.12. The van der Waals surface area contributed by atoms with Crippen molar-refractivity contribution in [3.63, 3.8) is 0 Å². The fourth-order valence-corrected chi connectivity index (χ4v) is 7.13. The molecule has 3 aromatic heterocycles. The average Bonchev–Trinajstić information content (AvgIpc) is 3.44. The number of aromatic amines is 1. The molecule has 12 heteroatoms. The van der Waals surface area contributed by atoms with Gasteiger partial charge in [-0.3, -0.25) is 15.8 Å². The second-order valence-electron chi connectivity index (χ2n) is 5.37. The van der Waals surface area contributed by atoms with Crippen LogP contribution in [0.5, 0.6) is 5.75 Å². The summed E-state index contributed by atoms with van der Waals surface area (Å²) in [5, 5.41) is 28.9. The Morgan fingerprint density at radius 2 is 1.93 bits per heavy atom. The topological polar surface area (TPSA) is 128 Å². The highest BCUT2D eigenvalue weighted by Crippen LogP contribution is 2.49. The molecule has 0 aliphatic rings. The van der Waals surface area contributed by atoms with Gasteiger partial charge in [0, 0.05) is 0 Å². The second kappa shape index (κ2) is 7.56. The number of nitrogens with one attached hydrogen (secondary N) is 2. The fourth-order valence-electron chi connectivity index (χ4n) is 2.34. The van der Waals surface area contributed by atoms with E-state index >= 15 is 0 Å². The van der Waals surface area contributed by atoms with Crippen molar-refractivity contribution < 1.29 is 18.7 Å². The van der Waals surface area contributed by atoms with Gasteiger partial charge in [0.2, 0.25) is 15.0 Å². The Morgan fingerprint density at radius 1 is 1.14 bits per heavy atom. The van der Waals surface area contributed by atoms with Crippen LogP contribution in [0.25, 0.3) is 10.7 Å². The zero-order valence-corrected chi connectivity index (χ0v) is 17.1. The minimum Gasteiger partial charge on any atom is -0.504 e. The third kappa shape index (κ3) is 3.40. The van der Waals surface area contributed by atoms with Gasteiger partial charge in [-0.15, -0.1) is 27.8 Å². The molecule has 0 unspecified atom stereocenters. The van der Waals surface area contributed by atoms with E-state index in [1.165, 1.54) is 23.5 Å². The van der Waals surface area contributed by atoms with Gasteiger partial charge in [0.05, 0.1) is 9.77 Å². The first-order chi connectivity index (χ1) is 13.5. The highest BCUT2D eigenvalue weighted by atomic mass is 32.2. The van der Waals surface area contributed by atoms with E-state index in [0.29, 0.717) is 11.0 Å². The molecule has 0 fully saturated rings. The van der Waals surface area contributed by atoms with Crippen LogP contribution in [0.3, 0.4) is 0 Å². The Labute approximate surface area is 171 Å². The Balaban J connectivity index is 1.70. The zero-order chi connectivity index (χ0) is 19.7. The highest BCUT2D eigenvalue weighted by molar-refractivity contribution is 8.01. The summed E-state index contributed by atoms with van der Waals surface area (Å²) in [6.45, 7) is 0. The number of aromatic hydroxyl groups is 1. The number of anilines is 1. The molecule has 0 saturated heterocycles. The Hall–Kier alpha value is -2.38. The molecule has 4 aromatic rings. The third-order valence-corrected chi connectivity index (χ3v) is 9.01. The van der Waals surface area contributed by atoms with Crippen molar-refractivity contribution in [2.75, 3.05) is 5.48 Å². The van der Waals surface area contributed by atoms with E-state index in [9.17, 15) is 18.7 Å². The van der Waals surface area contributed by atoms with Gasteiger partial charge < -0.3 is 5.11 Å². The van der Waals surface area contributed by atoms with Gasteiger partial charge in [0.15, 0.2) is 15.8 Å². The van der Waals surface area contributed by atoms with E-state index in [2.05, 4.69) is 15.2 Å². The molecule has 0 radical (unpaired) electrons. The Morgan fingerprint density at radius 3 is 2.61 bits per heavy atom. The number of rotatable bonds is 6. The first-order valence-electron chi connectivity index (χ1n) is 7.71. The third-order valence-electron chi connectivity index (χ3n) is 3.63. The number of benzene rings is 1.